The van der Waals surface area contributed by atoms with Crippen LogP contribution in [0.1, 0.15) is 112 Å². The molecule has 35 heavy (non-hydrogen) atoms. The van der Waals surface area contributed by atoms with Crippen LogP contribution in [0.15, 0.2) is 5.10 Å². The minimum absolute atomic E-state index is 0.0106. The van der Waals surface area contributed by atoms with E-state index in [2.05, 4.69) is 39.7 Å². The van der Waals surface area contributed by atoms with Crippen molar-refractivity contribution in [1.82, 2.24) is 0 Å². The molecule has 198 valence electrons. The van der Waals surface area contributed by atoms with Crippen LogP contribution in [0.5, 0.6) is 0 Å². The van der Waals surface area contributed by atoms with Crippen molar-refractivity contribution in [3.05, 3.63) is 10.1 Å². The molecule has 0 amide bonds. The molecular formula is C29H48N2O4. The van der Waals surface area contributed by atoms with Crippen LogP contribution < -0.4 is 0 Å². The van der Waals surface area contributed by atoms with Gasteiger partial charge in [-0.25, -0.2) is 10.1 Å². The Labute approximate surface area is 212 Å². The summed E-state index contributed by atoms with van der Waals surface area (Å²) in [5, 5.41) is 15.1. The Bertz CT molecular complexity index is 841. The molecule has 6 nitrogen and oxygen atoms in total. The van der Waals surface area contributed by atoms with Crippen LogP contribution in [0, 0.1) is 62.4 Å². The molecule has 4 aliphatic carbocycles. The second kappa shape index (κ2) is 10.1. The highest BCUT2D eigenvalue weighted by Gasteiger charge is 2.62. The van der Waals surface area contributed by atoms with E-state index in [1.165, 1.54) is 51.9 Å². The summed E-state index contributed by atoms with van der Waals surface area (Å²) < 4.78 is 5.58. The van der Waals surface area contributed by atoms with Crippen molar-refractivity contribution in [2.24, 2.45) is 57.4 Å². The molecule has 0 aliphatic heterocycles. The molecule has 0 bridgehead atoms. The summed E-state index contributed by atoms with van der Waals surface area (Å²) in [5.41, 5.74) is 1.13. The van der Waals surface area contributed by atoms with Gasteiger partial charge >= 0.3 is 5.97 Å². The number of nitrogens with zero attached hydrogens (tertiary/aromatic N) is 2. The predicted octanol–water partition coefficient (Wildman–Crippen LogP) is 7.28. The number of ether oxygens (including phenoxy) is 1. The van der Waals surface area contributed by atoms with Crippen molar-refractivity contribution in [3.8, 4) is 0 Å². The van der Waals surface area contributed by atoms with Crippen LogP contribution in [-0.2, 0) is 9.53 Å². The minimum Gasteiger partial charge on any atom is -0.463 e. The van der Waals surface area contributed by atoms with E-state index in [9.17, 15) is 14.9 Å². The molecule has 6 heteroatoms. The van der Waals surface area contributed by atoms with Crippen molar-refractivity contribution < 1.29 is 14.6 Å². The molecule has 4 rings (SSSR count). The third kappa shape index (κ3) is 5.05. The van der Waals surface area contributed by atoms with Crippen molar-refractivity contribution in [3.63, 3.8) is 0 Å². The van der Waals surface area contributed by atoms with Crippen molar-refractivity contribution in [2.45, 2.75) is 118 Å². The first-order valence-electron chi connectivity index (χ1n) is 14.3. The van der Waals surface area contributed by atoms with E-state index in [1.807, 2.05) is 0 Å². The Morgan fingerprint density at radius 3 is 2.43 bits per heavy atom. The number of rotatable bonds is 7. The second-order valence-electron chi connectivity index (χ2n) is 13.5. The topological polar surface area (TPSA) is 81.8 Å². The molecule has 0 saturated heterocycles. The van der Waals surface area contributed by atoms with Crippen molar-refractivity contribution in [1.29, 1.82) is 0 Å². The largest absolute Gasteiger partial charge is 0.463 e. The predicted molar refractivity (Wildman–Crippen MR) is 138 cm³/mol. The van der Waals surface area contributed by atoms with Crippen molar-refractivity contribution >= 4 is 11.7 Å². The van der Waals surface area contributed by atoms with Gasteiger partial charge < -0.3 is 4.74 Å². The summed E-state index contributed by atoms with van der Waals surface area (Å²) >= 11 is 0. The normalized spacial score (nSPS) is 42.8. The SMILES string of the molecule is CC(=O)O[C@H]1CC[C@@]2(C)C(C1)/C(=N/[N+](=O)[O-])C[C@@H]1C2CC[C@@]2(C)C1CCC2[C@H](C)CCCC(C)C. The number of fused-ring (bicyclic) bond motifs is 5. The lowest BCUT2D eigenvalue weighted by atomic mass is 9.44. The number of esters is 1. The molecule has 0 aromatic heterocycles. The monoisotopic (exact) mass is 488 g/mol. The summed E-state index contributed by atoms with van der Waals surface area (Å²) in [6.45, 7) is 13.5. The Kier molecular flexibility index (Phi) is 7.70. The number of hydrogen-bond acceptors (Lipinski definition) is 4. The molecule has 0 radical (unpaired) electrons. The highest BCUT2D eigenvalue weighted by atomic mass is 16.7. The molecule has 4 saturated carbocycles. The molecule has 0 aromatic carbocycles. The van der Waals surface area contributed by atoms with E-state index < -0.39 is 5.03 Å². The van der Waals surface area contributed by atoms with E-state index in [1.54, 1.807) is 0 Å². The van der Waals surface area contributed by atoms with Crippen LogP contribution in [0.25, 0.3) is 0 Å². The second-order valence-corrected chi connectivity index (χ2v) is 13.5. The lowest BCUT2D eigenvalue weighted by Gasteiger charge is -2.61. The average molecular weight is 489 g/mol. The molecule has 0 spiro atoms. The lowest BCUT2D eigenvalue weighted by molar-refractivity contribution is -0.485. The Hall–Kier alpha value is -1.46. The highest BCUT2D eigenvalue weighted by molar-refractivity contribution is 5.88. The number of hydrogen-bond donors (Lipinski definition) is 0. The van der Waals surface area contributed by atoms with Crippen LogP contribution in [0.4, 0.5) is 0 Å². The van der Waals surface area contributed by atoms with Gasteiger partial charge in [-0.3, -0.25) is 4.79 Å². The fourth-order valence-electron chi connectivity index (χ4n) is 9.61. The maximum absolute atomic E-state index is 11.6. The van der Waals surface area contributed by atoms with Gasteiger partial charge in [0.2, 0.25) is 0 Å². The van der Waals surface area contributed by atoms with Crippen LogP contribution in [0.3, 0.4) is 0 Å². The van der Waals surface area contributed by atoms with Crippen molar-refractivity contribution in [2.75, 3.05) is 0 Å². The number of nitro groups is 1. The minimum atomic E-state index is -0.484. The molecular weight excluding hydrogens is 440 g/mol. The van der Waals surface area contributed by atoms with Gasteiger partial charge in [-0.05, 0) is 97.7 Å². The zero-order valence-electron chi connectivity index (χ0n) is 22.9. The van der Waals surface area contributed by atoms with E-state index in [0.717, 1.165) is 42.7 Å². The highest BCUT2D eigenvalue weighted by Crippen LogP contribution is 2.68. The molecule has 4 fully saturated rings. The van der Waals surface area contributed by atoms with E-state index >= 15 is 0 Å². The summed E-state index contributed by atoms with van der Waals surface area (Å²) in [4.78, 5) is 23.2. The quantitative estimate of drug-likeness (QED) is 0.214. The first kappa shape index (κ1) is 26.6. The Balaban J connectivity index is 1.57. The van der Waals surface area contributed by atoms with Gasteiger partial charge in [-0.1, -0.05) is 53.9 Å². The van der Waals surface area contributed by atoms with Gasteiger partial charge in [-0.15, -0.1) is 0 Å². The molecule has 9 atom stereocenters. The Morgan fingerprint density at radius 1 is 1.09 bits per heavy atom. The maximum atomic E-state index is 11.6. The van der Waals surface area contributed by atoms with Crippen LogP contribution >= 0.6 is 0 Å². The number of carbonyl (C=O) groups is 1. The first-order chi connectivity index (χ1) is 16.5. The number of hydrazone groups is 1. The molecule has 4 aliphatic rings. The smallest absolute Gasteiger partial charge is 0.302 e. The molecule has 4 unspecified atom stereocenters. The van der Waals surface area contributed by atoms with Gasteiger partial charge in [0.1, 0.15) is 6.10 Å². The first-order valence-corrected chi connectivity index (χ1v) is 14.3. The summed E-state index contributed by atoms with van der Waals surface area (Å²) in [6.07, 6.45) is 12.2. The van der Waals surface area contributed by atoms with E-state index in [4.69, 9.17) is 4.74 Å². The van der Waals surface area contributed by atoms with Gasteiger partial charge in [0, 0.05) is 12.8 Å². The summed E-state index contributed by atoms with van der Waals surface area (Å²) in [5.74, 6) is 3.80. The van der Waals surface area contributed by atoms with E-state index in [0.29, 0.717) is 29.6 Å². The van der Waals surface area contributed by atoms with Gasteiger partial charge in [0.05, 0.1) is 10.8 Å². The molecule has 0 heterocycles. The van der Waals surface area contributed by atoms with Gasteiger partial charge in [0.15, 0.2) is 5.03 Å². The average Bonchev–Trinajstić information content (AvgIpc) is 3.11. The van der Waals surface area contributed by atoms with Gasteiger partial charge in [0.25, 0.3) is 0 Å². The Morgan fingerprint density at radius 2 is 1.77 bits per heavy atom. The van der Waals surface area contributed by atoms with E-state index in [-0.39, 0.29) is 23.4 Å². The van der Waals surface area contributed by atoms with Gasteiger partial charge in [-0.2, -0.15) is 0 Å². The fourth-order valence-corrected chi connectivity index (χ4v) is 9.61. The molecule has 0 aromatic rings. The third-order valence-electron chi connectivity index (χ3n) is 11.2. The van der Waals surface area contributed by atoms with Crippen LogP contribution in [-0.4, -0.2) is 22.8 Å². The standard InChI is InChI=1S/C29H48N2O4/c1-18(2)8-7-9-19(3)23-10-11-24-22-17-27(30-31(33)34)26-16-21(35-20(4)32)12-14-29(26,6)25(22)13-15-28(23,24)5/h18-19,21-26H,7-17H2,1-6H3/b30-27+/t19-,21+,22+,23?,24?,25?,26?,28-,29-/m1/s1. The zero-order chi connectivity index (χ0) is 25.5. The lowest BCUT2D eigenvalue weighted by Crippen LogP contribution is -2.57. The number of carbonyl (C=O) groups excluding carboxylic acids is 1. The van der Waals surface area contributed by atoms with Crippen LogP contribution in [0.2, 0.25) is 0 Å². The third-order valence-corrected chi connectivity index (χ3v) is 11.2. The summed E-state index contributed by atoms with van der Waals surface area (Å²) in [6, 6.07) is 0. The zero-order valence-corrected chi connectivity index (χ0v) is 22.9. The molecule has 0 N–H and O–H groups in total. The fraction of sp³-hybridized carbons (Fsp3) is 0.931. The summed E-state index contributed by atoms with van der Waals surface area (Å²) in [7, 11) is 0. The maximum Gasteiger partial charge on any atom is 0.302 e.